The van der Waals surface area contributed by atoms with Gasteiger partial charge in [0.05, 0.1) is 0 Å². The van der Waals surface area contributed by atoms with Gasteiger partial charge in [0.1, 0.15) is 12.4 Å². The Bertz CT molecular complexity index is 721. The number of ether oxygens (including phenoxy) is 1. The van der Waals surface area contributed by atoms with Gasteiger partial charge >= 0.3 is 11.8 Å². The lowest BCUT2D eigenvalue weighted by atomic mass is 10.2. The molecule has 1 aliphatic heterocycles. The number of hydrogen-bond donors (Lipinski definition) is 1. The molecule has 3 rings (SSSR count). The minimum Gasteiger partial charge on any atom is -0.489 e. The maximum atomic E-state index is 12.3. The molecular formula is C21H24N2O3. The lowest BCUT2D eigenvalue weighted by Crippen LogP contribution is -2.40. The fourth-order valence-electron chi connectivity index (χ4n) is 2.98. The van der Waals surface area contributed by atoms with E-state index in [1.54, 1.807) is 29.2 Å². The number of hydrogen-bond acceptors (Lipinski definition) is 3. The zero-order chi connectivity index (χ0) is 18.2. The van der Waals surface area contributed by atoms with E-state index in [-0.39, 0.29) is 0 Å². The number of carbonyl (C=O) groups is 2. The molecule has 5 nitrogen and oxygen atoms in total. The standard InChI is InChI=1S/C21H24N2O3/c24-20(21(25)23-14-6-1-2-7-15-23)22-18-10-12-19(13-11-18)26-16-17-8-4-3-5-9-17/h3-5,8-13H,1-2,6-7,14-16H2,(H,22,24). The molecule has 0 saturated carbocycles. The van der Waals surface area contributed by atoms with Crippen molar-refractivity contribution in [3.63, 3.8) is 0 Å². The number of carbonyl (C=O) groups excluding carboxylic acids is 2. The smallest absolute Gasteiger partial charge is 0.313 e. The molecule has 0 atom stereocenters. The Hall–Kier alpha value is -2.82. The molecule has 0 radical (unpaired) electrons. The molecule has 0 unspecified atom stereocenters. The van der Waals surface area contributed by atoms with Gasteiger partial charge in [-0.1, -0.05) is 43.2 Å². The van der Waals surface area contributed by atoms with Crippen LogP contribution in [0.1, 0.15) is 31.2 Å². The van der Waals surface area contributed by atoms with Crippen molar-refractivity contribution in [3.8, 4) is 5.75 Å². The second kappa shape index (κ2) is 9.04. The second-order valence-corrected chi connectivity index (χ2v) is 6.46. The largest absolute Gasteiger partial charge is 0.489 e. The van der Waals surface area contributed by atoms with Gasteiger partial charge in [0.2, 0.25) is 0 Å². The van der Waals surface area contributed by atoms with Crippen molar-refractivity contribution in [2.24, 2.45) is 0 Å². The Morgan fingerprint density at radius 2 is 1.54 bits per heavy atom. The molecule has 0 spiro atoms. The first-order chi connectivity index (χ1) is 12.7. The Balaban J connectivity index is 1.51. The Morgan fingerprint density at radius 1 is 0.885 bits per heavy atom. The highest BCUT2D eigenvalue weighted by atomic mass is 16.5. The Kier molecular flexibility index (Phi) is 6.25. The average Bonchev–Trinajstić information content (AvgIpc) is 2.97. The van der Waals surface area contributed by atoms with Crippen molar-refractivity contribution in [2.75, 3.05) is 18.4 Å². The van der Waals surface area contributed by atoms with E-state index in [9.17, 15) is 9.59 Å². The van der Waals surface area contributed by atoms with Gasteiger partial charge in [-0.25, -0.2) is 0 Å². The number of amides is 2. The molecular weight excluding hydrogens is 328 g/mol. The molecule has 0 bridgehead atoms. The molecule has 1 heterocycles. The normalized spacial score (nSPS) is 14.4. The van der Waals surface area contributed by atoms with Gasteiger partial charge in [0, 0.05) is 18.8 Å². The number of nitrogens with zero attached hydrogens (tertiary/aromatic N) is 1. The molecule has 0 aromatic heterocycles. The van der Waals surface area contributed by atoms with Gasteiger partial charge in [-0.05, 0) is 42.7 Å². The van der Waals surface area contributed by atoms with E-state index < -0.39 is 11.8 Å². The third-order valence-electron chi connectivity index (χ3n) is 4.45. The van der Waals surface area contributed by atoms with Crippen LogP contribution in [-0.4, -0.2) is 29.8 Å². The van der Waals surface area contributed by atoms with Gasteiger partial charge in [-0.15, -0.1) is 0 Å². The van der Waals surface area contributed by atoms with Crippen LogP contribution < -0.4 is 10.1 Å². The fraction of sp³-hybridized carbons (Fsp3) is 0.333. The Morgan fingerprint density at radius 3 is 2.19 bits per heavy atom. The third-order valence-corrected chi connectivity index (χ3v) is 4.45. The van der Waals surface area contributed by atoms with Gasteiger partial charge in [-0.3, -0.25) is 9.59 Å². The maximum Gasteiger partial charge on any atom is 0.313 e. The van der Waals surface area contributed by atoms with Crippen LogP contribution in [0.3, 0.4) is 0 Å². The van der Waals surface area contributed by atoms with Crippen LogP contribution in [0.25, 0.3) is 0 Å². The van der Waals surface area contributed by atoms with Crippen molar-refractivity contribution in [3.05, 3.63) is 60.2 Å². The number of likely N-dealkylation sites (tertiary alicyclic amines) is 1. The summed E-state index contributed by atoms with van der Waals surface area (Å²) in [6, 6.07) is 17.0. The quantitative estimate of drug-likeness (QED) is 0.855. The summed E-state index contributed by atoms with van der Waals surface area (Å²) in [6.07, 6.45) is 4.17. The molecule has 0 aliphatic carbocycles. The van der Waals surface area contributed by atoms with Crippen LogP contribution in [0.2, 0.25) is 0 Å². The monoisotopic (exact) mass is 352 g/mol. The van der Waals surface area contributed by atoms with Crippen molar-refractivity contribution in [2.45, 2.75) is 32.3 Å². The van der Waals surface area contributed by atoms with Crippen molar-refractivity contribution in [1.29, 1.82) is 0 Å². The van der Waals surface area contributed by atoms with E-state index in [1.165, 1.54) is 0 Å². The summed E-state index contributed by atoms with van der Waals surface area (Å²) in [5.74, 6) is -0.313. The van der Waals surface area contributed by atoms with E-state index in [4.69, 9.17) is 4.74 Å². The summed E-state index contributed by atoms with van der Waals surface area (Å²) >= 11 is 0. The molecule has 136 valence electrons. The maximum absolute atomic E-state index is 12.3. The minimum atomic E-state index is -0.579. The summed E-state index contributed by atoms with van der Waals surface area (Å²) in [7, 11) is 0. The van der Waals surface area contributed by atoms with E-state index in [0.717, 1.165) is 31.2 Å². The summed E-state index contributed by atoms with van der Waals surface area (Å²) in [4.78, 5) is 26.1. The molecule has 26 heavy (non-hydrogen) atoms. The van der Waals surface area contributed by atoms with Crippen LogP contribution in [-0.2, 0) is 16.2 Å². The predicted octanol–water partition coefficient (Wildman–Crippen LogP) is 3.61. The molecule has 2 amide bonds. The molecule has 1 aliphatic rings. The van der Waals surface area contributed by atoms with Gasteiger partial charge < -0.3 is 15.0 Å². The predicted molar refractivity (Wildman–Crippen MR) is 101 cm³/mol. The van der Waals surface area contributed by atoms with Crippen LogP contribution in [0.15, 0.2) is 54.6 Å². The first-order valence-electron chi connectivity index (χ1n) is 9.09. The third kappa shape index (κ3) is 5.09. The van der Waals surface area contributed by atoms with Crippen LogP contribution in [0.4, 0.5) is 5.69 Å². The van der Waals surface area contributed by atoms with Crippen molar-refractivity contribution < 1.29 is 14.3 Å². The first kappa shape index (κ1) is 18.0. The molecule has 1 fully saturated rings. The number of anilines is 1. The summed E-state index contributed by atoms with van der Waals surface area (Å²) in [5.41, 5.74) is 1.68. The summed E-state index contributed by atoms with van der Waals surface area (Å²) in [5, 5.41) is 2.67. The van der Waals surface area contributed by atoms with Crippen LogP contribution in [0, 0.1) is 0 Å². The fourth-order valence-corrected chi connectivity index (χ4v) is 2.98. The first-order valence-corrected chi connectivity index (χ1v) is 9.09. The topological polar surface area (TPSA) is 58.6 Å². The lowest BCUT2D eigenvalue weighted by Gasteiger charge is -2.19. The average molecular weight is 352 g/mol. The van der Waals surface area contributed by atoms with Crippen molar-refractivity contribution in [1.82, 2.24) is 4.90 Å². The summed E-state index contributed by atoms with van der Waals surface area (Å²) in [6.45, 7) is 1.82. The minimum absolute atomic E-state index is 0.448. The zero-order valence-electron chi connectivity index (χ0n) is 14.8. The molecule has 1 N–H and O–H groups in total. The highest BCUT2D eigenvalue weighted by molar-refractivity contribution is 6.39. The van der Waals surface area contributed by atoms with Gasteiger partial charge in [-0.2, -0.15) is 0 Å². The van der Waals surface area contributed by atoms with Crippen LogP contribution in [0.5, 0.6) is 5.75 Å². The molecule has 5 heteroatoms. The van der Waals surface area contributed by atoms with Gasteiger partial charge in [0.25, 0.3) is 0 Å². The molecule has 2 aromatic rings. The Labute approximate surface area is 154 Å². The van der Waals surface area contributed by atoms with E-state index in [1.807, 2.05) is 30.3 Å². The van der Waals surface area contributed by atoms with Crippen LogP contribution >= 0.6 is 0 Å². The number of nitrogens with one attached hydrogen (secondary N) is 1. The van der Waals surface area contributed by atoms with E-state index in [2.05, 4.69) is 5.32 Å². The highest BCUT2D eigenvalue weighted by Gasteiger charge is 2.22. The zero-order valence-corrected chi connectivity index (χ0v) is 14.8. The van der Waals surface area contributed by atoms with Gasteiger partial charge in [0.15, 0.2) is 0 Å². The second-order valence-electron chi connectivity index (χ2n) is 6.46. The van der Waals surface area contributed by atoms with Crippen molar-refractivity contribution >= 4 is 17.5 Å². The number of rotatable bonds is 4. The lowest BCUT2D eigenvalue weighted by molar-refractivity contribution is -0.143. The highest BCUT2D eigenvalue weighted by Crippen LogP contribution is 2.17. The van der Waals surface area contributed by atoms with E-state index in [0.29, 0.717) is 31.1 Å². The molecule has 2 aromatic carbocycles. The molecule has 1 saturated heterocycles. The SMILES string of the molecule is O=C(Nc1ccc(OCc2ccccc2)cc1)C(=O)N1CCCCCC1. The van der Waals surface area contributed by atoms with E-state index >= 15 is 0 Å². The summed E-state index contributed by atoms with van der Waals surface area (Å²) < 4.78 is 5.72. The number of benzene rings is 2.